The lowest BCUT2D eigenvalue weighted by Crippen LogP contribution is -2.47. The fourth-order valence-corrected chi connectivity index (χ4v) is 4.70. The number of fused-ring (bicyclic) bond motifs is 1. The first-order chi connectivity index (χ1) is 17.5. The molecule has 0 radical (unpaired) electrons. The lowest BCUT2D eigenvalue weighted by molar-refractivity contribution is 0.100. The molecule has 2 aliphatic heterocycles. The standard InChI is InChI=1S/C26H26FN7O2/c27-22-13-29-26(31-25(22)34-15-21(24(28)35)20-6-1-2-7-23(20)34)30-17-4-3-5-18(12-17)33-10-8-32(9-11-33)14-19-16-36-19/h1-7,12-13,15,19H,8-11,14,16H2,(H2,28,35)(H,29,30,31). The fourth-order valence-electron chi connectivity index (χ4n) is 4.70. The van der Waals surface area contributed by atoms with Crippen LogP contribution in [0.1, 0.15) is 10.4 Å². The number of carbonyl (C=O) groups is 1. The van der Waals surface area contributed by atoms with Crippen LogP contribution in [0.15, 0.2) is 60.9 Å². The second-order valence-electron chi connectivity index (χ2n) is 9.08. The molecule has 0 saturated carbocycles. The Morgan fingerprint density at radius 3 is 2.72 bits per heavy atom. The molecule has 10 heteroatoms. The number of epoxide rings is 1. The maximum Gasteiger partial charge on any atom is 0.250 e. The van der Waals surface area contributed by atoms with Gasteiger partial charge in [-0.2, -0.15) is 4.98 Å². The summed E-state index contributed by atoms with van der Waals surface area (Å²) < 4.78 is 21.7. The van der Waals surface area contributed by atoms with Crippen molar-refractivity contribution in [1.82, 2.24) is 19.4 Å². The number of aromatic nitrogens is 3. The predicted octanol–water partition coefficient (Wildman–Crippen LogP) is 2.92. The average Bonchev–Trinajstić information content (AvgIpc) is 3.62. The van der Waals surface area contributed by atoms with Gasteiger partial charge in [0, 0.05) is 55.7 Å². The van der Waals surface area contributed by atoms with E-state index in [9.17, 15) is 9.18 Å². The van der Waals surface area contributed by atoms with E-state index in [0.717, 1.165) is 56.9 Å². The lowest BCUT2D eigenvalue weighted by atomic mass is 10.2. The first kappa shape index (κ1) is 22.4. The van der Waals surface area contributed by atoms with Crippen LogP contribution in [-0.2, 0) is 4.74 Å². The van der Waals surface area contributed by atoms with Crippen molar-refractivity contribution in [2.24, 2.45) is 5.73 Å². The van der Waals surface area contributed by atoms with E-state index in [4.69, 9.17) is 10.5 Å². The van der Waals surface area contributed by atoms with Crippen molar-refractivity contribution in [2.75, 3.05) is 49.5 Å². The van der Waals surface area contributed by atoms with E-state index < -0.39 is 11.7 Å². The quantitative estimate of drug-likeness (QED) is 0.386. The Kier molecular flexibility index (Phi) is 5.74. The molecule has 2 aliphatic rings. The summed E-state index contributed by atoms with van der Waals surface area (Å²) >= 11 is 0. The summed E-state index contributed by atoms with van der Waals surface area (Å²) in [5.41, 5.74) is 8.38. The van der Waals surface area contributed by atoms with Gasteiger partial charge in [-0.15, -0.1) is 0 Å². The van der Waals surface area contributed by atoms with Crippen molar-refractivity contribution in [1.29, 1.82) is 0 Å². The SMILES string of the molecule is NC(=O)c1cn(-c2nc(Nc3cccc(N4CCN(CC5CO5)CC4)c3)ncc2F)c2ccccc12. The number of nitrogens with zero attached hydrogens (tertiary/aromatic N) is 5. The van der Waals surface area contributed by atoms with E-state index in [-0.39, 0.29) is 11.8 Å². The smallest absolute Gasteiger partial charge is 0.250 e. The Morgan fingerprint density at radius 2 is 1.94 bits per heavy atom. The number of anilines is 3. The number of nitrogens with one attached hydrogen (secondary N) is 1. The van der Waals surface area contributed by atoms with E-state index >= 15 is 0 Å². The van der Waals surface area contributed by atoms with E-state index in [1.807, 2.05) is 24.3 Å². The van der Waals surface area contributed by atoms with Gasteiger partial charge in [0.25, 0.3) is 5.91 Å². The maximum atomic E-state index is 14.8. The number of hydrogen-bond donors (Lipinski definition) is 2. The molecule has 2 aromatic carbocycles. The molecule has 0 spiro atoms. The van der Waals surface area contributed by atoms with Gasteiger partial charge in [0.05, 0.1) is 30.0 Å². The second-order valence-corrected chi connectivity index (χ2v) is 9.08. The number of hydrogen-bond acceptors (Lipinski definition) is 7. The molecule has 4 aromatic rings. The fraction of sp³-hybridized carbons (Fsp3) is 0.269. The van der Waals surface area contributed by atoms with Gasteiger partial charge in [-0.05, 0) is 24.3 Å². The minimum atomic E-state index is -0.611. The molecule has 3 N–H and O–H groups in total. The van der Waals surface area contributed by atoms with E-state index in [2.05, 4.69) is 31.2 Å². The molecular weight excluding hydrogens is 461 g/mol. The molecule has 6 rings (SSSR count). The lowest BCUT2D eigenvalue weighted by Gasteiger charge is -2.36. The Balaban J connectivity index is 1.23. The minimum absolute atomic E-state index is 0.0307. The molecule has 0 bridgehead atoms. The van der Waals surface area contributed by atoms with Gasteiger partial charge in [-0.3, -0.25) is 14.3 Å². The molecule has 184 valence electrons. The van der Waals surface area contributed by atoms with Gasteiger partial charge in [-0.25, -0.2) is 9.37 Å². The van der Waals surface area contributed by atoms with Gasteiger partial charge >= 0.3 is 0 Å². The average molecular weight is 488 g/mol. The number of para-hydroxylation sites is 1. The number of amides is 1. The molecule has 36 heavy (non-hydrogen) atoms. The molecule has 2 aromatic heterocycles. The third kappa shape index (κ3) is 4.48. The van der Waals surface area contributed by atoms with Gasteiger partial charge < -0.3 is 20.7 Å². The van der Waals surface area contributed by atoms with Crippen LogP contribution in [0, 0.1) is 5.82 Å². The summed E-state index contributed by atoms with van der Waals surface area (Å²) in [6, 6.07) is 15.2. The Labute approximate surface area is 207 Å². The minimum Gasteiger partial charge on any atom is -0.372 e. The van der Waals surface area contributed by atoms with Crippen molar-refractivity contribution < 1.29 is 13.9 Å². The number of benzene rings is 2. The number of ether oxygens (including phenoxy) is 1. The summed E-state index contributed by atoms with van der Waals surface area (Å²) in [5, 5.41) is 3.83. The number of halogens is 1. The van der Waals surface area contributed by atoms with Crippen LogP contribution in [0.5, 0.6) is 0 Å². The number of rotatable bonds is 7. The molecule has 1 atom stereocenters. The van der Waals surface area contributed by atoms with E-state index in [1.54, 1.807) is 18.2 Å². The zero-order valence-electron chi connectivity index (χ0n) is 19.6. The topological polar surface area (TPSA) is 105 Å². The zero-order chi connectivity index (χ0) is 24.6. The molecule has 1 amide bonds. The summed E-state index contributed by atoms with van der Waals surface area (Å²) in [7, 11) is 0. The highest BCUT2D eigenvalue weighted by atomic mass is 19.1. The second kappa shape index (κ2) is 9.21. The Hall–Kier alpha value is -4.02. The number of nitrogens with two attached hydrogens (primary N) is 1. The summed E-state index contributed by atoms with van der Waals surface area (Å²) in [6.07, 6.45) is 3.05. The third-order valence-corrected chi connectivity index (χ3v) is 6.64. The van der Waals surface area contributed by atoms with Crippen LogP contribution in [0.3, 0.4) is 0 Å². The molecule has 1 unspecified atom stereocenters. The normalized spacial score (nSPS) is 17.9. The highest BCUT2D eigenvalue weighted by Crippen LogP contribution is 2.27. The summed E-state index contributed by atoms with van der Waals surface area (Å²) in [5.74, 6) is -0.920. The molecule has 2 fully saturated rings. The zero-order valence-corrected chi connectivity index (χ0v) is 19.6. The van der Waals surface area contributed by atoms with Crippen LogP contribution in [-0.4, -0.2) is 70.8 Å². The largest absolute Gasteiger partial charge is 0.372 e. The van der Waals surface area contributed by atoms with Crippen LogP contribution < -0.4 is 16.0 Å². The van der Waals surface area contributed by atoms with Crippen LogP contribution in [0.4, 0.5) is 21.7 Å². The van der Waals surface area contributed by atoms with Crippen molar-refractivity contribution in [3.8, 4) is 5.82 Å². The van der Waals surface area contributed by atoms with Crippen molar-refractivity contribution in [2.45, 2.75) is 6.10 Å². The number of primary amides is 1. The Morgan fingerprint density at radius 1 is 1.14 bits per heavy atom. The summed E-state index contributed by atoms with van der Waals surface area (Å²) in [4.78, 5) is 25.3. The third-order valence-electron chi connectivity index (χ3n) is 6.64. The molecule has 0 aliphatic carbocycles. The highest BCUT2D eigenvalue weighted by molar-refractivity contribution is 6.06. The van der Waals surface area contributed by atoms with Gasteiger partial charge in [0.1, 0.15) is 0 Å². The molecule has 4 heterocycles. The first-order valence-corrected chi connectivity index (χ1v) is 11.9. The molecule has 9 nitrogen and oxygen atoms in total. The summed E-state index contributed by atoms with van der Waals surface area (Å²) in [6.45, 7) is 5.78. The van der Waals surface area contributed by atoms with Crippen LogP contribution in [0.2, 0.25) is 0 Å². The highest BCUT2D eigenvalue weighted by Gasteiger charge is 2.27. The van der Waals surface area contributed by atoms with E-state index in [0.29, 0.717) is 22.6 Å². The van der Waals surface area contributed by atoms with Gasteiger partial charge in [0.2, 0.25) is 5.95 Å². The van der Waals surface area contributed by atoms with Crippen LogP contribution in [0.25, 0.3) is 16.7 Å². The maximum absolute atomic E-state index is 14.8. The predicted molar refractivity (Wildman–Crippen MR) is 135 cm³/mol. The number of carbonyl (C=O) groups excluding carboxylic acids is 1. The van der Waals surface area contributed by atoms with Crippen LogP contribution >= 0.6 is 0 Å². The number of piperazine rings is 1. The molecule has 2 saturated heterocycles. The van der Waals surface area contributed by atoms with Crippen molar-refractivity contribution in [3.05, 3.63) is 72.3 Å². The van der Waals surface area contributed by atoms with Crippen molar-refractivity contribution >= 4 is 34.1 Å². The van der Waals surface area contributed by atoms with Gasteiger partial charge in [0.15, 0.2) is 11.6 Å². The first-order valence-electron chi connectivity index (χ1n) is 11.9. The van der Waals surface area contributed by atoms with E-state index in [1.165, 1.54) is 10.8 Å². The molecular formula is C26H26FN7O2. The Bertz CT molecular complexity index is 1430. The van der Waals surface area contributed by atoms with Gasteiger partial charge in [-0.1, -0.05) is 24.3 Å². The monoisotopic (exact) mass is 487 g/mol. The van der Waals surface area contributed by atoms with Crippen molar-refractivity contribution in [3.63, 3.8) is 0 Å².